The van der Waals surface area contributed by atoms with Gasteiger partial charge in [0.2, 0.25) is 0 Å². The number of carbonyl (C=O) groups excluding carboxylic acids is 1. The number of carbonyl (C=O) groups is 2. The lowest BCUT2D eigenvalue weighted by molar-refractivity contribution is -0.147. The van der Waals surface area contributed by atoms with E-state index in [1.807, 2.05) is 18.2 Å². The van der Waals surface area contributed by atoms with Crippen molar-refractivity contribution in [2.24, 2.45) is 0 Å². The van der Waals surface area contributed by atoms with E-state index in [-0.39, 0.29) is 21.5 Å². The normalized spacial score (nSPS) is 10.5. The van der Waals surface area contributed by atoms with Crippen LogP contribution in [0.3, 0.4) is 0 Å². The largest absolute Gasteiger partial charge is 0.474 e. The van der Waals surface area contributed by atoms with Crippen LogP contribution in [-0.4, -0.2) is 17.0 Å². The number of benzene rings is 2. The summed E-state index contributed by atoms with van der Waals surface area (Å²) in [6.07, 6.45) is 0. The second kappa shape index (κ2) is 7.55. The van der Waals surface area contributed by atoms with Gasteiger partial charge in [-0.2, -0.15) is 0 Å². The minimum absolute atomic E-state index is 0.151. The molecule has 0 spiro atoms. The summed E-state index contributed by atoms with van der Waals surface area (Å²) in [5.41, 5.74) is 1.27. The maximum atomic E-state index is 11.2. The molecule has 0 atom stereocenters. The van der Waals surface area contributed by atoms with Gasteiger partial charge in [0.15, 0.2) is 5.75 Å². The van der Waals surface area contributed by atoms with E-state index >= 15 is 0 Å². The van der Waals surface area contributed by atoms with Gasteiger partial charge in [0.25, 0.3) is 0 Å². The number of carboxylic acids is 1. The van der Waals surface area contributed by atoms with Crippen molar-refractivity contribution in [2.75, 3.05) is 5.32 Å². The van der Waals surface area contributed by atoms with Gasteiger partial charge in [-0.1, -0.05) is 49.2 Å². The molecule has 2 aromatic rings. The fourth-order valence-corrected chi connectivity index (χ4v) is 2.53. The number of aliphatic carboxylic acids is 1. The Morgan fingerprint density at radius 1 is 1.12 bits per heavy atom. The number of hydrogen-bond donors (Lipinski definition) is 2. The number of nitrogens with one attached hydrogen (secondary N) is 1. The topological polar surface area (TPSA) is 75.6 Å². The zero-order valence-corrected chi connectivity index (χ0v) is 14.5. The van der Waals surface area contributed by atoms with Crippen LogP contribution in [0, 0.1) is 0 Å². The van der Waals surface area contributed by atoms with Gasteiger partial charge in [-0.3, -0.25) is 4.79 Å². The Morgan fingerprint density at radius 2 is 1.75 bits per heavy atom. The average molecular weight is 368 g/mol. The van der Waals surface area contributed by atoms with Crippen molar-refractivity contribution in [1.82, 2.24) is 0 Å². The molecule has 0 saturated carbocycles. The third-order valence-corrected chi connectivity index (χ3v) is 3.76. The van der Waals surface area contributed by atoms with Gasteiger partial charge in [0.05, 0.1) is 10.0 Å². The minimum Gasteiger partial charge on any atom is -0.474 e. The number of carboxylic acid groups (broad SMARTS) is 1. The highest BCUT2D eigenvalue weighted by atomic mass is 35.5. The molecule has 24 heavy (non-hydrogen) atoms. The minimum atomic E-state index is -1.60. The highest BCUT2D eigenvalue weighted by Gasteiger charge is 2.16. The predicted molar refractivity (Wildman–Crippen MR) is 93.3 cm³/mol. The number of rotatable bonds is 4. The summed E-state index contributed by atoms with van der Waals surface area (Å²) in [6, 6.07) is 10.3. The Bertz CT molecular complexity index is 767. The summed E-state index contributed by atoms with van der Waals surface area (Å²) in [5, 5.41) is 11.1. The van der Waals surface area contributed by atoms with E-state index < -0.39 is 11.9 Å². The number of halogens is 2. The van der Waals surface area contributed by atoms with Crippen molar-refractivity contribution < 1.29 is 19.4 Å². The molecule has 0 aromatic heterocycles. The molecule has 0 unspecified atom stereocenters. The van der Waals surface area contributed by atoms with Gasteiger partial charge in [-0.05, 0) is 35.7 Å². The van der Waals surface area contributed by atoms with E-state index in [9.17, 15) is 9.59 Å². The molecule has 2 aromatic carbocycles. The molecule has 5 nitrogen and oxygen atoms in total. The molecule has 0 fully saturated rings. The zero-order chi connectivity index (χ0) is 17.9. The van der Waals surface area contributed by atoms with E-state index in [1.54, 1.807) is 6.07 Å². The van der Waals surface area contributed by atoms with Crippen LogP contribution in [-0.2, 0) is 9.59 Å². The van der Waals surface area contributed by atoms with Gasteiger partial charge in [0.1, 0.15) is 5.75 Å². The van der Waals surface area contributed by atoms with E-state index in [2.05, 4.69) is 19.2 Å². The van der Waals surface area contributed by atoms with Crippen LogP contribution in [0.2, 0.25) is 10.0 Å². The summed E-state index contributed by atoms with van der Waals surface area (Å²) < 4.78 is 5.75. The summed E-state index contributed by atoms with van der Waals surface area (Å²) in [7, 11) is 0. The van der Waals surface area contributed by atoms with Crippen molar-refractivity contribution in [2.45, 2.75) is 19.8 Å². The first kappa shape index (κ1) is 18.1. The molecule has 2 N–H and O–H groups in total. The zero-order valence-electron chi connectivity index (χ0n) is 13.0. The smallest absolute Gasteiger partial charge is 0.394 e. The van der Waals surface area contributed by atoms with Crippen LogP contribution in [0.5, 0.6) is 11.5 Å². The summed E-state index contributed by atoms with van der Waals surface area (Å²) in [6.45, 7) is 4.14. The van der Waals surface area contributed by atoms with Crippen molar-refractivity contribution in [3.8, 4) is 11.5 Å². The fourth-order valence-electron chi connectivity index (χ4n) is 1.97. The highest BCUT2D eigenvalue weighted by molar-refractivity contribution is 6.39. The van der Waals surface area contributed by atoms with Crippen molar-refractivity contribution in [3.63, 3.8) is 0 Å². The number of hydrogen-bond acceptors (Lipinski definition) is 3. The van der Waals surface area contributed by atoms with Crippen LogP contribution in [0.4, 0.5) is 5.69 Å². The average Bonchev–Trinajstić information content (AvgIpc) is 2.51. The predicted octanol–water partition coefficient (Wildman–Crippen LogP) is 4.93. The van der Waals surface area contributed by atoms with E-state index in [4.69, 9.17) is 33.0 Å². The molecule has 0 aliphatic rings. The summed E-state index contributed by atoms with van der Waals surface area (Å²) in [5.74, 6) is -1.64. The van der Waals surface area contributed by atoms with Crippen molar-refractivity contribution in [1.29, 1.82) is 0 Å². The second-order valence-electron chi connectivity index (χ2n) is 5.36. The van der Waals surface area contributed by atoms with Gasteiger partial charge >= 0.3 is 11.9 Å². The van der Waals surface area contributed by atoms with E-state index in [0.29, 0.717) is 11.7 Å². The first-order valence-electron chi connectivity index (χ1n) is 7.09. The van der Waals surface area contributed by atoms with Crippen LogP contribution >= 0.6 is 23.2 Å². The monoisotopic (exact) mass is 367 g/mol. The molecule has 1 amide bonds. The lowest BCUT2D eigenvalue weighted by Crippen LogP contribution is -2.21. The molecule has 126 valence electrons. The Morgan fingerprint density at radius 3 is 2.29 bits per heavy atom. The molecule has 0 bridgehead atoms. The first-order valence-corrected chi connectivity index (χ1v) is 7.84. The van der Waals surface area contributed by atoms with Crippen LogP contribution in [0.25, 0.3) is 0 Å². The SMILES string of the molecule is CC(C)c1cccc(Oc2c(Cl)cc(NC(=O)C(=O)O)cc2Cl)c1. The Hall–Kier alpha value is -2.24. The molecule has 0 radical (unpaired) electrons. The maximum Gasteiger partial charge on any atom is 0.394 e. The highest BCUT2D eigenvalue weighted by Crippen LogP contribution is 2.39. The Balaban J connectivity index is 2.27. The quantitative estimate of drug-likeness (QED) is 0.750. The first-order chi connectivity index (χ1) is 11.3. The van der Waals surface area contributed by atoms with Crippen LogP contribution < -0.4 is 10.1 Å². The van der Waals surface area contributed by atoms with Crippen LogP contribution in [0.15, 0.2) is 36.4 Å². The lowest BCUT2D eigenvalue weighted by Gasteiger charge is -2.13. The van der Waals surface area contributed by atoms with Gasteiger partial charge < -0.3 is 15.2 Å². The molecule has 0 aliphatic heterocycles. The van der Waals surface area contributed by atoms with E-state index in [1.165, 1.54) is 12.1 Å². The number of anilines is 1. The molecular formula is C17H15Cl2NO4. The van der Waals surface area contributed by atoms with Crippen molar-refractivity contribution in [3.05, 3.63) is 52.0 Å². The number of ether oxygens (including phenoxy) is 1. The summed E-state index contributed by atoms with van der Waals surface area (Å²) >= 11 is 12.3. The summed E-state index contributed by atoms with van der Waals surface area (Å²) in [4.78, 5) is 21.7. The molecular weight excluding hydrogens is 353 g/mol. The molecule has 2 rings (SSSR count). The van der Waals surface area contributed by atoms with Crippen LogP contribution in [0.1, 0.15) is 25.3 Å². The van der Waals surface area contributed by atoms with Gasteiger partial charge in [0, 0.05) is 5.69 Å². The fraction of sp³-hybridized carbons (Fsp3) is 0.176. The Labute approximate surface area is 149 Å². The molecule has 0 heterocycles. The third kappa shape index (κ3) is 4.40. The van der Waals surface area contributed by atoms with E-state index in [0.717, 1.165) is 5.56 Å². The molecule has 0 saturated heterocycles. The molecule has 0 aliphatic carbocycles. The lowest BCUT2D eigenvalue weighted by atomic mass is 10.0. The number of amides is 1. The third-order valence-electron chi connectivity index (χ3n) is 3.20. The molecule has 7 heteroatoms. The standard InChI is InChI=1S/C17H15Cl2NO4/c1-9(2)10-4-3-5-12(6-10)24-15-13(18)7-11(8-14(15)19)20-16(21)17(22)23/h3-9H,1-2H3,(H,20,21)(H,22,23). The van der Waals surface area contributed by atoms with Crippen molar-refractivity contribution >= 4 is 40.8 Å². The second-order valence-corrected chi connectivity index (χ2v) is 6.17. The van der Waals surface area contributed by atoms with Gasteiger partial charge in [-0.25, -0.2) is 4.79 Å². The Kier molecular flexibility index (Phi) is 5.70. The van der Waals surface area contributed by atoms with Gasteiger partial charge in [-0.15, -0.1) is 0 Å². The maximum absolute atomic E-state index is 11.2.